The van der Waals surface area contributed by atoms with Crippen molar-refractivity contribution in [1.82, 2.24) is 9.55 Å². The van der Waals surface area contributed by atoms with Gasteiger partial charge >= 0.3 is 4.87 Å². The minimum atomic E-state index is 0.0511. The fraction of sp³-hybridized carbons (Fsp3) is 0.143. The van der Waals surface area contributed by atoms with E-state index in [2.05, 4.69) is 16.4 Å². The molecule has 0 saturated heterocycles. The molecule has 3 aromatic rings. The maximum atomic E-state index is 11.6. The van der Waals surface area contributed by atoms with Gasteiger partial charge in [0, 0.05) is 29.6 Å². The maximum Gasteiger partial charge on any atom is 0.307 e. The Kier molecular flexibility index (Phi) is 3.05. The lowest BCUT2D eigenvalue weighted by Gasteiger charge is -2.10. The number of aromatic nitrogens is 2. The van der Waals surface area contributed by atoms with Crippen LogP contribution in [0, 0.1) is 0 Å². The molecule has 0 fully saturated rings. The van der Waals surface area contributed by atoms with Gasteiger partial charge in [0.05, 0.1) is 12.1 Å². The van der Waals surface area contributed by atoms with Gasteiger partial charge in [-0.1, -0.05) is 29.5 Å². The van der Waals surface area contributed by atoms with Crippen LogP contribution in [-0.2, 0) is 6.54 Å². The Labute approximate surface area is 114 Å². The van der Waals surface area contributed by atoms with E-state index < -0.39 is 0 Å². The van der Waals surface area contributed by atoms with E-state index in [1.165, 1.54) is 11.3 Å². The first-order valence-corrected chi connectivity index (χ1v) is 6.86. The van der Waals surface area contributed by atoms with Gasteiger partial charge in [-0.05, 0) is 12.1 Å². The topological polar surface area (TPSA) is 46.9 Å². The first kappa shape index (κ1) is 11.9. The Morgan fingerprint density at radius 3 is 2.95 bits per heavy atom. The van der Waals surface area contributed by atoms with Crippen LogP contribution in [0.3, 0.4) is 0 Å². The molecule has 3 rings (SSSR count). The Morgan fingerprint density at radius 2 is 2.21 bits per heavy atom. The number of pyridine rings is 1. The first-order chi connectivity index (χ1) is 9.28. The molecular weight excluding hydrogens is 258 g/mol. The quantitative estimate of drug-likeness (QED) is 0.796. The fourth-order valence-corrected chi connectivity index (χ4v) is 2.67. The lowest BCUT2D eigenvalue weighted by atomic mass is 10.1. The monoisotopic (exact) mass is 271 g/mol. The van der Waals surface area contributed by atoms with Crippen molar-refractivity contribution < 1.29 is 0 Å². The highest BCUT2D eigenvalue weighted by Gasteiger charge is 2.07. The van der Waals surface area contributed by atoms with E-state index in [-0.39, 0.29) is 4.87 Å². The number of nitrogens with one attached hydrogen (secondary N) is 1. The summed E-state index contributed by atoms with van der Waals surface area (Å²) in [5.41, 5.74) is 1.97. The van der Waals surface area contributed by atoms with Crippen LogP contribution in [0.15, 0.2) is 46.7 Å². The molecule has 0 atom stereocenters. The van der Waals surface area contributed by atoms with Crippen LogP contribution in [0.4, 0.5) is 5.82 Å². The minimum absolute atomic E-state index is 0.0511. The summed E-state index contributed by atoms with van der Waals surface area (Å²) >= 11 is 1.21. The SMILES string of the molecule is CNc1nc2ccccc2cc1Cn1ccsc1=O. The molecule has 0 radical (unpaired) electrons. The highest BCUT2D eigenvalue weighted by atomic mass is 32.1. The van der Waals surface area contributed by atoms with Crippen LogP contribution in [0.1, 0.15) is 5.56 Å². The number of hydrogen-bond donors (Lipinski definition) is 1. The number of nitrogens with zero attached hydrogens (tertiary/aromatic N) is 2. The molecule has 0 spiro atoms. The molecule has 5 heteroatoms. The smallest absolute Gasteiger partial charge is 0.307 e. The van der Waals surface area contributed by atoms with Gasteiger partial charge in [-0.15, -0.1) is 0 Å². The first-order valence-electron chi connectivity index (χ1n) is 5.98. The van der Waals surface area contributed by atoms with Crippen LogP contribution < -0.4 is 10.2 Å². The zero-order valence-corrected chi connectivity index (χ0v) is 11.3. The van der Waals surface area contributed by atoms with E-state index in [4.69, 9.17) is 0 Å². The molecular formula is C14H13N3OS. The number of benzene rings is 1. The number of anilines is 1. The predicted molar refractivity (Wildman–Crippen MR) is 79.0 cm³/mol. The molecule has 96 valence electrons. The largest absolute Gasteiger partial charge is 0.373 e. The number of fused-ring (bicyclic) bond motifs is 1. The van der Waals surface area contributed by atoms with Crippen molar-refractivity contribution in [3.63, 3.8) is 0 Å². The maximum absolute atomic E-state index is 11.6. The van der Waals surface area contributed by atoms with Crippen molar-refractivity contribution >= 4 is 28.1 Å². The molecule has 0 aliphatic carbocycles. The molecule has 2 aromatic heterocycles. The Balaban J connectivity index is 2.11. The van der Waals surface area contributed by atoms with Gasteiger partial charge in [0.1, 0.15) is 5.82 Å². The third kappa shape index (κ3) is 2.24. The van der Waals surface area contributed by atoms with E-state index in [9.17, 15) is 4.79 Å². The van der Waals surface area contributed by atoms with Gasteiger partial charge in [-0.25, -0.2) is 4.98 Å². The summed E-state index contributed by atoms with van der Waals surface area (Å²) in [5, 5.41) is 5.98. The van der Waals surface area contributed by atoms with E-state index in [1.807, 2.05) is 37.5 Å². The van der Waals surface area contributed by atoms with Crippen LogP contribution in [0.5, 0.6) is 0 Å². The van der Waals surface area contributed by atoms with Crippen molar-refractivity contribution in [1.29, 1.82) is 0 Å². The molecule has 0 aliphatic heterocycles. The second-order valence-electron chi connectivity index (χ2n) is 4.24. The highest BCUT2D eigenvalue weighted by Crippen LogP contribution is 2.20. The summed E-state index contributed by atoms with van der Waals surface area (Å²) in [4.78, 5) is 16.3. The predicted octanol–water partition coefficient (Wildman–Crippen LogP) is 2.55. The van der Waals surface area contributed by atoms with Gasteiger partial charge in [0.15, 0.2) is 0 Å². The van der Waals surface area contributed by atoms with Gasteiger partial charge < -0.3 is 9.88 Å². The highest BCUT2D eigenvalue weighted by molar-refractivity contribution is 7.07. The average Bonchev–Trinajstić information content (AvgIpc) is 2.83. The second-order valence-corrected chi connectivity index (χ2v) is 5.09. The number of para-hydroxylation sites is 1. The van der Waals surface area contributed by atoms with Crippen molar-refractivity contribution in [3.8, 4) is 0 Å². The van der Waals surface area contributed by atoms with Gasteiger partial charge in [-0.2, -0.15) is 0 Å². The van der Waals surface area contributed by atoms with Crippen molar-refractivity contribution in [2.45, 2.75) is 6.54 Å². The number of thiazole rings is 1. The lowest BCUT2D eigenvalue weighted by Crippen LogP contribution is -2.14. The standard InChI is InChI=1S/C14H13N3OS/c1-15-13-11(9-17-6-7-19-14(17)18)8-10-4-2-3-5-12(10)16-13/h2-8H,9H2,1H3,(H,15,16). The van der Waals surface area contributed by atoms with E-state index >= 15 is 0 Å². The lowest BCUT2D eigenvalue weighted by molar-refractivity contribution is 0.783. The third-order valence-electron chi connectivity index (χ3n) is 3.02. The van der Waals surface area contributed by atoms with Crippen molar-refractivity contribution in [2.75, 3.05) is 12.4 Å². The zero-order valence-electron chi connectivity index (χ0n) is 10.5. The number of rotatable bonds is 3. The van der Waals surface area contributed by atoms with Gasteiger partial charge in [-0.3, -0.25) is 4.79 Å². The van der Waals surface area contributed by atoms with Crippen LogP contribution in [-0.4, -0.2) is 16.6 Å². The molecule has 0 bridgehead atoms. The summed E-state index contributed by atoms with van der Waals surface area (Å²) in [6, 6.07) is 10.1. The molecule has 1 N–H and O–H groups in total. The molecule has 0 saturated carbocycles. The molecule has 4 nitrogen and oxygen atoms in total. The van der Waals surface area contributed by atoms with E-state index in [1.54, 1.807) is 9.95 Å². The van der Waals surface area contributed by atoms with Crippen LogP contribution in [0.2, 0.25) is 0 Å². The molecule has 0 amide bonds. The molecule has 0 aliphatic rings. The summed E-state index contributed by atoms with van der Waals surface area (Å²) in [6.07, 6.45) is 1.81. The summed E-state index contributed by atoms with van der Waals surface area (Å²) in [7, 11) is 1.84. The molecule has 1 aromatic carbocycles. The molecule has 2 heterocycles. The van der Waals surface area contributed by atoms with Crippen molar-refractivity contribution in [3.05, 3.63) is 57.1 Å². The Hall–Kier alpha value is -2.14. The summed E-state index contributed by atoms with van der Waals surface area (Å²) in [5.74, 6) is 0.816. The third-order valence-corrected chi connectivity index (χ3v) is 3.72. The average molecular weight is 271 g/mol. The normalized spacial score (nSPS) is 10.8. The van der Waals surface area contributed by atoms with Gasteiger partial charge in [0.25, 0.3) is 0 Å². The Morgan fingerprint density at radius 1 is 1.37 bits per heavy atom. The van der Waals surface area contributed by atoms with Gasteiger partial charge in [0.2, 0.25) is 0 Å². The fourth-order valence-electron chi connectivity index (χ4n) is 2.09. The summed E-state index contributed by atoms with van der Waals surface area (Å²) < 4.78 is 1.69. The van der Waals surface area contributed by atoms with Crippen LogP contribution in [0.25, 0.3) is 10.9 Å². The number of hydrogen-bond acceptors (Lipinski definition) is 4. The molecule has 19 heavy (non-hydrogen) atoms. The second kappa shape index (κ2) is 4.85. The van der Waals surface area contributed by atoms with E-state index in [0.29, 0.717) is 6.54 Å². The minimum Gasteiger partial charge on any atom is -0.373 e. The van der Waals surface area contributed by atoms with Crippen LogP contribution >= 0.6 is 11.3 Å². The van der Waals surface area contributed by atoms with Crippen molar-refractivity contribution in [2.24, 2.45) is 0 Å². The zero-order chi connectivity index (χ0) is 13.2. The Bertz CT molecular complexity index is 775. The van der Waals surface area contributed by atoms with E-state index in [0.717, 1.165) is 22.3 Å². The molecule has 0 unspecified atom stereocenters. The summed E-state index contributed by atoms with van der Waals surface area (Å²) in [6.45, 7) is 0.538.